The predicted molar refractivity (Wildman–Crippen MR) is 74.4 cm³/mol. The molecule has 1 atom stereocenters. The Bertz CT molecular complexity index is 648. The van der Waals surface area contributed by atoms with E-state index in [9.17, 15) is 0 Å². The lowest BCUT2D eigenvalue weighted by atomic mass is 10.1. The van der Waals surface area contributed by atoms with Gasteiger partial charge in [-0.15, -0.1) is 0 Å². The highest BCUT2D eigenvalue weighted by Gasteiger charge is 2.07. The molecule has 0 fully saturated rings. The van der Waals surface area contributed by atoms with E-state index in [2.05, 4.69) is 12.2 Å². The third kappa shape index (κ3) is 2.91. The van der Waals surface area contributed by atoms with E-state index in [4.69, 9.17) is 10.5 Å². The third-order valence-corrected chi connectivity index (χ3v) is 2.94. The lowest BCUT2D eigenvalue weighted by molar-refractivity contribution is 0.885. The molecule has 0 radical (unpaired) electrons. The predicted octanol–water partition coefficient (Wildman–Crippen LogP) is 3.60. The maximum Gasteiger partial charge on any atom is 0.101 e. The van der Waals surface area contributed by atoms with E-state index in [-0.39, 0.29) is 6.04 Å². The van der Waals surface area contributed by atoms with Crippen molar-refractivity contribution >= 4 is 5.69 Å². The molecule has 2 aromatic rings. The van der Waals surface area contributed by atoms with Gasteiger partial charge in [-0.1, -0.05) is 30.3 Å². The first-order valence-electron chi connectivity index (χ1n) is 6.00. The topological polar surface area (TPSA) is 59.6 Å². The molecule has 1 N–H and O–H groups in total. The summed E-state index contributed by atoms with van der Waals surface area (Å²) in [5.41, 5.74) is 2.81. The zero-order chi connectivity index (χ0) is 13.7. The number of rotatable bonds is 3. The average Bonchev–Trinajstić information content (AvgIpc) is 2.48. The van der Waals surface area contributed by atoms with Crippen LogP contribution >= 0.6 is 0 Å². The molecule has 0 aliphatic heterocycles. The molecule has 19 heavy (non-hydrogen) atoms. The minimum absolute atomic E-state index is 0.140. The van der Waals surface area contributed by atoms with E-state index < -0.39 is 0 Å². The van der Waals surface area contributed by atoms with Gasteiger partial charge in [0.25, 0.3) is 0 Å². The summed E-state index contributed by atoms with van der Waals surface area (Å²) in [5.74, 6) is 0. The summed E-state index contributed by atoms with van der Waals surface area (Å²) in [6, 6.07) is 19.4. The highest BCUT2D eigenvalue weighted by Crippen LogP contribution is 2.21. The van der Waals surface area contributed by atoms with E-state index in [1.165, 1.54) is 5.56 Å². The smallest absolute Gasteiger partial charge is 0.101 e. The lowest BCUT2D eigenvalue weighted by Gasteiger charge is -2.16. The van der Waals surface area contributed by atoms with E-state index in [1.807, 2.05) is 48.5 Å². The maximum absolute atomic E-state index is 9.00. The van der Waals surface area contributed by atoms with Crippen LogP contribution in [-0.2, 0) is 0 Å². The van der Waals surface area contributed by atoms with Crippen LogP contribution in [0, 0.1) is 22.7 Å². The highest BCUT2D eigenvalue weighted by molar-refractivity contribution is 5.57. The quantitative estimate of drug-likeness (QED) is 0.901. The summed E-state index contributed by atoms with van der Waals surface area (Å²) in [6.45, 7) is 2.06. The zero-order valence-electron chi connectivity index (χ0n) is 10.6. The monoisotopic (exact) mass is 247 g/mol. The second kappa shape index (κ2) is 5.71. The van der Waals surface area contributed by atoms with E-state index in [1.54, 1.807) is 12.1 Å². The summed E-state index contributed by atoms with van der Waals surface area (Å²) in [4.78, 5) is 0. The van der Waals surface area contributed by atoms with Crippen LogP contribution in [0.25, 0.3) is 0 Å². The minimum Gasteiger partial charge on any atom is -0.378 e. The van der Waals surface area contributed by atoms with Crippen molar-refractivity contribution in [3.05, 3.63) is 65.2 Å². The highest BCUT2D eigenvalue weighted by atomic mass is 14.9. The molecule has 0 bridgehead atoms. The second-order valence-corrected chi connectivity index (χ2v) is 4.26. The first-order chi connectivity index (χ1) is 9.24. The summed E-state index contributed by atoms with van der Waals surface area (Å²) >= 11 is 0. The van der Waals surface area contributed by atoms with Crippen LogP contribution in [0.2, 0.25) is 0 Å². The van der Waals surface area contributed by atoms with Crippen LogP contribution < -0.4 is 5.32 Å². The molecule has 0 spiro atoms. The summed E-state index contributed by atoms with van der Waals surface area (Å²) in [5, 5.41) is 21.2. The van der Waals surface area contributed by atoms with Gasteiger partial charge in [0.05, 0.1) is 11.1 Å². The molecule has 3 heteroatoms. The molecule has 3 nitrogen and oxygen atoms in total. The number of nitrogens with zero attached hydrogens (tertiary/aromatic N) is 2. The van der Waals surface area contributed by atoms with Gasteiger partial charge in [-0.2, -0.15) is 10.5 Å². The number of anilines is 1. The van der Waals surface area contributed by atoms with Crippen LogP contribution in [0.4, 0.5) is 5.69 Å². The van der Waals surface area contributed by atoms with Gasteiger partial charge >= 0.3 is 0 Å². The van der Waals surface area contributed by atoms with Crippen LogP contribution in [0.3, 0.4) is 0 Å². The van der Waals surface area contributed by atoms with E-state index >= 15 is 0 Å². The molecule has 0 aliphatic carbocycles. The summed E-state index contributed by atoms with van der Waals surface area (Å²) in [6.07, 6.45) is 0. The van der Waals surface area contributed by atoms with Gasteiger partial charge in [0.2, 0.25) is 0 Å². The minimum atomic E-state index is 0.140. The Balaban J connectivity index is 2.21. The fraction of sp³-hybridized carbons (Fsp3) is 0.125. The molecule has 92 valence electrons. The van der Waals surface area contributed by atoms with Gasteiger partial charge in [0.15, 0.2) is 0 Å². The standard InChI is InChI=1S/C16H13N3/c1-12(13-5-3-2-4-6-13)19-16-8-7-14(10-17)15(9-16)11-18/h2-9,12,19H,1H3. The first-order valence-corrected chi connectivity index (χ1v) is 6.00. The Kier molecular flexibility index (Phi) is 3.81. The number of nitriles is 2. The third-order valence-electron chi connectivity index (χ3n) is 2.94. The van der Waals surface area contributed by atoms with Crippen LogP contribution in [0.15, 0.2) is 48.5 Å². The van der Waals surface area contributed by atoms with E-state index in [0.717, 1.165) is 5.69 Å². The van der Waals surface area contributed by atoms with Crippen molar-refractivity contribution in [3.63, 3.8) is 0 Å². The van der Waals surface area contributed by atoms with Gasteiger partial charge < -0.3 is 5.32 Å². The van der Waals surface area contributed by atoms with Crippen LogP contribution in [0.1, 0.15) is 29.7 Å². The number of benzene rings is 2. The van der Waals surface area contributed by atoms with Gasteiger partial charge in [-0.25, -0.2) is 0 Å². The molecular weight excluding hydrogens is 234 g/mol. The van der Waals surface area contributed by atoms with Crippen molar-refractivity contribution in [2.45, 2.75) is 13.0 Å². The Morgan fingerprint density at radius 3 is 2.26 bits per heavy atom. The van der Waals surface area contributed by atoms with Crippen molar-refractivity contribution in [1.29, 1.82) is 10.5 Å². The Morgan fingerprint density at radius 2 is 1.63 bits per heavy atom. The fourth-order valence-electron chi connectivity index (χ4n) is 1.90. The maximum atomic E-state index is 9.00. The molecular formula is C16H13N3. The molecule has 0 saturated carbocycles. The van der Waals surface area contributed by atoms with Crippen LogP contribution in [-0.4, -0.2) is 0 Å². The number of nitrogens with one attached hydrogen (secondary N) is 1. The Morgan fingerprint density at radius 1 is 0.947 bits per heavy atom. The zero-order valence-corrected chi connectivity index (χ0v) is 10.6. The molecule has 1 unspecified atom stereocenters. The summed E-state index contributed by atoms with van der Waals surface area (Å²) in [7, 11) is 0. The molecule has 0 aromatic heterocycles. The number of hydrogen-bond acceptors (Lipinski definition) is 3. The molecule has 0 aliphatic rings. The van der Waals surface area contributed by atoms with Crippen molar-refractivity contribution in [3.8, 4) is 12.1 Å². The van der Waals surface area contributed by atoms with Crippen LogP contribution in [0.5, 0.6) is 0 Å². The van der Waals surface area contributed by atoms with Crippen molar-refractivity contribution in [2.24, 2.45) is 0 Å². The van der Waals surface area contributed by atoms with Gasteiger partial charge in [0, 0.05) is 11.7 Å². The van der Waals surface area contributed by atoms with Crippen molar-refractivity contribution < 1.29 is 0 Å². The molecule has 2 aromatic carbocycles. The Hall–Kier alpha value is -2.78. The largest absolute Gasteiger partial charge is 0.378 e. The molecule has 0 saturated heterocycles. The molecule has 0 amide bonds. The lowest BCUT2D eigenvalue weighted by Crippen LogP contribution is -2.06. The van der Waals surface area contributed by atoms with Crippen molar-refractivity contribution in [1.82, 2.24) is 0 Å². The van der Waals surface area contributed by atoms with Gasteiger partial charge in [0.1, 0.15) is 12.1 Å². The fourth-order valence-corrected chi connectivity index (χ4v) is 1.90. The first kappa shape index (κ1) is 12.7. The van der Waals surface area contributed by atoms with Gasteiger partial charge in [-0.05, 0) is 30.7 Å². The normalized spacial score (nSPS) is 11.1. The van der Waals surface area contributed by atoms with Gasteiger partial charge in [-0.3, -0.25) is 0 Å². The second-order valence-electron chi connectivity index (χ2n) is 4.26. The number of hydrogen-bond donors (Lipinski definition) is 1. The average molecular weight is 247 g/mol. The van der Waals surface area contributed by atoms with Crippen molar-refractivity contribution in [2.75, 3.05) is 5.32 Å². The molecule has 0 heterocycles. The van der Waals surface area contributed by atoms with E-state index in [0.29, 0.717) is 11.1 Å². The SMILES string of the molecule is CC(Nc1ccc(C#N)c(C#N)c1)c1ccccc1. The molecule has 2 rings (SSSR count). The Labute approximate surface area is 112 Å². The summed E-state index contributed by atoms with van der Waals surface area (Å²) < 4.78 is 0.